The molecule has 0 saturated carbocycles. The van der Waals surface area contributed by atoms with E-state index in [2.05, 4.69) is 5.32 Å². The van der Waals surface area contributed by atoms with Crippen LogP contribution in [0.2, 0.25) is 0 Å². The van der Waals surface area contributed by atoms with Gasteiger partial charge in [0, 0.05) is 38.0 Å². The number of rotatable bonds is 7. The number of carbonyl (C=O) groups is 2. The van der Waals surface area contributed by atoms with E-state index in [1.54, 1.807) is 62.7 Å². The van der Waals surface area contributed by atoms with E-state index in [0.717, 1.165) is 5.69 Å². The van der Waals surface area contributed by atoms with Crippen LogP contribution in [-0.4, -0.2) is 39.2 Å². The average molecular weight is 342 g/mol. The molecule has 6 heteroatoms. The maximum atomic E-state index is 12.4. The van der Waals surface area contributed by atoms with Gasteiger partial charge >= 0.3 is 0 Å². The Kier molecular flexibility index (Phi) is 6.54. The minimum atomic E-state index is -0.232. The summed E-state index contributed by atoms with van der Waals surface area (Å²) in [4.78, 5) is 25.3. The third-order valence-corrected chi connectivity index (χ3v) is 3.64. The predicted molar refractivity (Wildman–Crippen MR) is 97.3 cm³/mol. The van der Waals surface area contributed by atoms with Crippen LogP contribution in [-0.2, 0) is 9.53 Å². The van der Waals surface area contributed by atoms with E-state index in [1.165, 1.54) is 11.8 Å². The molecule has 0 aliphatic carbocycles. The Labute approximate surface area is 147 Å². The Balaban J connectivity index is 2.02. The third-order valence-electron chi connectivity index (χ3n) is 3.64. The summed E-state index contributed by atoms with van der Waals surface area (Å²) in [5.41, 5.74) is 1.91. The van der Waals surface area contributed by atoms with E-state index in [1.807, 2.05) is 0 Å². The number of carbonyl (C=O) groups excluding carboxylic acids is 2. The molecule has 0 radical (unpaired) electrons. The lowest BCUT2D eigenvalue weighted by molar-refractivity contribution is -0.116. The van der Waals surface area contributed by atoms with Crippen LogP contribution < -0.4 is 15.0 Å². The average Bonchev–Trinajstić information content (AvgIpc) is 2.62. The summed E-state index contributed by atoms with van der Waals surface area (Å²) in [6, 6.07) is 14.0. The largest absolute Gasteiger partial charge is 0.491 e. The van der Waals surface area contributed by atoms with Crippen molar-refractivity contribution in [2.75, 3.05) is 37.6 Å². The molecule has 0 aromatic heterocycles. The quantitative estimate of drug-likeness (QED) is 0.786. The second kappa shape index (κ2) is 8.84. The zero-order chi connectivity index (χ0) is 18.2. The van der Waals surface area contributed by atoms with E-state index in [0.29, 0.717) is 30.2 Å². The van der Waals surface area contributed by atoms with Gasteiger partial charge in [-0.15, -0.1) is 0 Å². The van der Waals surface area contributed by atoms with Crippen molar-refractivity contribution in [3.8, 4) is 5.75 Å². The Morgan fingerprint density at radius 1 is 1.08 bits per heavy atom. The van der Waals surface area contributed by atoms with Crippen molar-refractivity contribution in [3.63, 3.8) is 0 Å². The molecule has 0 aliphatic heterocycles. The van der Waals surface area contributed by atoms with Crippen molar-refractivity contribution >= 4 is 23.2 Å². The van der Waals surface area contributed by atoms with Gasteiger partial charge in [0.15, 0.2) is 0 Å². The molecule has 0 bridgehead atoms. The number of hydrogen-bond acceptors (Lipinski definition) is 4. The van der Waals surface area contributed by atoms with E-state index in [4.69, 9.17) is 9.47 Å². The van der Waals surface area contributed by atoms with Crippen molar-refractivity contribution in [2.45, 2.75) is 6.92 Å². The van der Waals surface area contributed by atoms with E-state index in [9.17, 15) is 9.59 Å². The number of ether oxygens (including phenoxy) is 2. The summed E-state index contributed by atoms with van der Waals surface area (Å²) >= 11 is 0. The van der Waals surface area contributed by atoms with Gasteiger partial charge in [-0.2, -0.15) is 0 Å². The Hall–Kier alpha value is -2.86. The molecule has 2 rings (SSSR count). The molecule has 0 spiro atoms. The molecule has 1 N–H and O–H groups in total. The molecule has 2 aromatic rings. The maximum absolute atomic E-state index is 12.4. The van der Waals surface area contributed by atoms with Crippen molar-refractivity contribution in [3.05, 3.63) is 54.1 Å². The van der Waals surface area contributed by atoms with Crippen LogP contribution in [0.25, 0.3) is 0 Å². The Morgan fingerprint density at radius 3 is 2.44 bits per heavy atom. The molecule has 6 nitrogen and oxygen atoms in total. The van der Waals surface area contributed by atoms with Crippen LogP contribution in [0.4, 0.5) is 11.4 Å². The molecule has 0 aliphatic rings. The van der Waals surface area contributed by atoms with Crippen molar-refractivity contribution < 1.29 is 19.1 Å². The highest BCUT2D eigenvalue weighted by Crippen LogP contribution is 2.19. The second-order valence-corrected chi connectivity index (χ2v) is 5.45. The summed E-state index contributed by atoms with van der Waals surface area (Å²) in [7, 11) is 3.30. The smallest absolute Gasteiger partial charge is 0.255 e. The minimum absolute atomic E-state index is 0.0536. The standard InChI is InChI=1S/C19H22N2O4/c1-14(22)21(2)17-9-7-16(8-10-17)20-19(23)15-5-4-6-18(13-15)25-12-11-24-3/h4-10,13H,11-12H2,1-3H3,(H,20,23). The second-order valence-electron chi connectivity index (χ2n) is 5.45. The predicted octanol–water partition coefficient (Wildman–Crippen LogP) is 2.95. The maximum Gasteiger partial charge on any atom is 0.255 e. The highest BCUT2D eigenvalue weighted by Gasteiger charge is 2.09. The Bertz CT molecular complexity index is 728. The summed E-state index contributed by atoms with van der Waals surface area (Å²) < 4.78 is 10.4. The fourth-order valence-corrected chi connectivity index (χ4v) is 2.12. The monoisotopic (exact) mass is 342 g/mol. The van der Waals surface area contributed by atoms with Gasteiger partial charge in [0.1, 0.15) is 12.4 Å². The van der Waals surface area contributed by atoms with Crippen LogP contribution in [0.5, 0.6) is 5.75 Å². The van der Waals surface area contributed by atoms with Crippen molar-refractivity contribution in [2.24, 2.45) is 0 Å². The topological polar surface area (TPSA) is 67.9 Å². The number of anilines is 2. The van der Waals surface area contributed by atoms with Crippen LogP contribution >= 0.6 is 0 Å². The van der Waals surface area contributed by atoms with E-state index in [-0.39, 0.29) is 11.8 Å². The first-order valence-corrected chi connectivity index (χ1v) is 7.89. The highest BCUT2D eigenvalue weighted by atomic mass is 16.5. The molecule has 0 heterocycles. The molecule has 2 amide bonds. The fraction of sp³-hybridized carbons (Fsp3) is 0.263. The molecule has 25 heavy (non-hydrogen) atoms. The molecule has 0 unspecified atom stereocenters. The molecular weight excluding hydrogens is 320 g/mol. The van der Waals surface area contributed by atoms with E-state index >= 15 is 0 Å². The Morgan fingerprint density at radius 2 is 1.80 bits per heavy atom. The summed E-state index contributed by atoms with van der Waals surface area (Å²) in [6.45, 7) is 2.40. The van der Waals surface area contributed by atoms with Gasteiger partial charge in [-0.1, -0.05) is 6.07 Å². The molecule has 0 atom stereocenters. The highest BCUT2D eigenvalue weighted by molar-refractivity contribution is 6.04. The fourth-order valence-electron chi connectivity index (χ4n) is 2.12. The van der Waals surface area contributed by atoms with Gasteiger partial charge in [-0.25, -0.2) is 0 Å². The molecule has 132 valence electrons. The zero-order valence-electron chi connectivity index (χ0n) is 14.6. The number of amides is 2. The van der Waals surface area contributed by atoms with Crippen LogP contribution in [0, 0.1) is 0 Å². The zero-order valence-corrected chi connectivity index (χ0v) is 14.6. The van der Waals surface area contributed by atoms with Gasteiger partial charge in [-0.05, 0) is 42.5 Å². The van der Waals surface area contributed by atoms with Gasteiger partial charge in [0.05, 0.1) is 6.61 Å². The SMILES string of the molecule is COCCOc1cccc(C(=O)Nc2ccc(N(C)C(C)=O)cc2)c1. The van der Waals surface area contributed by atoms with Crippen molar-refractivity contribution in [1.82, 2.24) is 0 Å². The lowest BCUT2D eigenvalue weighted by atomic mass is 10.2. The first kappa shape index (κ1) is 18.5. The van der Waals surface area contributed by atoms with E-state index < -0.39 is 0 Å². The van der Waals surface area contributed by atoms with Gasteiger partial charge in [0.25, 0.3) is 5.91 Å². The third kappa shape index (κ3) is 5.32. The normalized spacial score (nSPS) is 10.2. The number of methoxy groups -OCH3 is 1. The lowest BCUT2D eigenvalue weighted by Crippen LogP contribution is -2.22. The molecule has 2 aromatic carbocycles. The molecule has 0 fully saturated rings. The van der Waals surface area contributed by atoms with Gasteiger partial charge in [0.2, 0.25) is 5.91 Å². The summed E-state index contributed by atoms with van der Waals surface area (Å²) in [6.07, 6.45) is 0. The summed E-state index contributed by atoms with van der Waals surface area (Å²) in [5.74, 6) is 0.329. The van der Waals surface area contributed by atoms with Crippen LogP contribution in [0.15, 0.2) is 48.5 Å². The van der Waals surface area contributed by atoms with Gasteiger partial charge in [-0.3, -0.25) is 9.59 Å². The summed E-state index contributed by atoms with van der Waals surface area (Å²) in [5, 5.41) is 2.83. The number of hydrogen-bond donors (Lipinski definition) is 1. The lowest BCUT2D eigenvalue weighted by Gasteiger charge is -2.15. The minimum Gasteiger partial charge on any atom is -0.491 e. The first-order valence-electron chi connectivity index (χ1n) is 7.89. The number of nitrogens with zero attached hydrogens (tertiary/aromatic N) is 1. The van der Waals surface area contributed by atoms with Crippen LogP contribution in [0.1, 0.15) is 17.3 Å². The van der Waals surface area contributed by atoms with Crippen LogP contribution in [0.3, 0.4) is 0 Å². The number of nitrogens with one attached hydrogen (secondary N) is 1. The molecular formula is C19H22N2O4. The first-order chi connectivity index (χ1) is 12.0. The van der Waals surface area contributed by atoms with Crippen molar-refractivity contribution in [1.29, 1.82) is 0 Å². The molecule has 0 saturated heterocycles. The van der Waals surface area contributed by atoms with Gasteiger partial charge < -0.3 is 19.7 Å². The number of benzene rings is 2.